The summed E-state index contributed by atoms with van der Waals surface area (Å²) in [7, 11) is 1.56. The third-order valence-electron chi connectivity index (χ3n) is 2.47. The summed E-state index contributed by atoms with van der Waals surface area (Å²) in [6.45, 7) is 0. The van der Waals surface area contributed by atoms with Crippen LogP contribution >= 0.6 is 38.5 Å². The van der Waals surface area contributed by atoms with Gasteiger partial charge in [-0.25, -0.2) is 4.98 Å². The highest BCUT2D eigenvalue weighted by Gasteiger charge is 2.18. The van der Waals surface area contributed by atoms with Crippen LogP contribution < -0.4 is 10.5 Å². The Morgan fingerprint density at radius 1 is 1.33 bits per heavy atom. The third-order valence-corrected chi connectivity index (χ3v) is 3.95. The third kappa shape index (κ3) is 2.81. The van der Waals surface area contributed by atoms with Crippen molar-refractivity contribution >= 4 is 38.5 Å². The first-order chi connectivity index (χ1) is 8.63. The summed E-state index contributed by atoms with van der Waals surface area (Å²) in [5.74, 6) is 0.459. The van der Waals surface area contributed by atoms with Crippen LogP contribution in [0.1, 0.15) is 17.3 Å². The molecular weight excluding hydrogens is 409 g/mol. The summed E-state index contributed by atoms with van der Waals surface area (Å²) in [5, 5.41) is 0. The number of methoxy groups -OCH3 is 1. The molecule has 0 aliphatic carbocycles. The van der Waals surface area contributed by atoms with Crippen LogP contribution in [0.2, 0.25) is 0 Å². The number of rotatable bonds is 3. The zero-order chi connectivity index (χ0) is 13.1. The molecule has 2 rings (SSSR count). The summed E-state index contributed by atoms with van der Waals surface area (Å²) >= 11 is 5.70. The summed E-state index contributed by atoms with van der Waals surface area (Å²) < 4.78 is 7.25. The van der Waals surface area contributed by atoms with Gasteiger partial charge in [0, 0.05) is 20.4 Å². The van der Waals surface area contributed by atoms with Crippen molar-refractivity contribution in [2.24, 2.45) is 5.73 Å². The monoisotopic (exact) mass is 419 g/mol. The van der Waals surface area contributed by atoms with E-state index in [9.17, 15) is 0 Å². The molecule has 18 heavy (non-hydrogen) atoms. The Morgan fingerprint density at radius 3 is 2.78 bits per heavy atom. The lowest BCUT2D eigenvalue weighted by Gasteiger charge is -2.15. The summed E-state index contributed by atoms with van der Waals surface area (Å²) in [6, 6.07) is 5.60. The minimum Gasteiger partial charge on any atom is -0.480 e. The largest absolute Gasteiger partial charge is 0.480 e. The number of ether oxygens (including phenoxy) is 1. The van der Waals surface area contributed by atoms with Gasteiger partial charge in [0.2, 0.25) is 5.88 Å². The van der Waals surface area contributed by atoms with Crippen LogP contribution in [0, 0.1) is 3.57 Å². The van der Waals surface area contributed by atoms with Gasteiger partial charge < -0.3 is 10.5 Å². The molecule has 0 fully saturated rings. The molecule has 0 aliphatic heterocycles. The lowest BCUT2D eigenvalue weighted by atomic mass is 10.0. The molecule has 2 aromatic rings. The highest BCUT2D eigenvalue weighted by molar-refractivity contribution is 14.1. The minimum absolute atomic E-state index is 0.363. The molecule has 4 nitrogen and oxygen atoms in total. The highest BCUT2D eigenvalue weighted by Crippen LogP contribution is 2.29. The van der Waals surface area contributed by atoms with Crippen LogP contribution in [0.25, 0.3) is 0 Å². The molecule has 6 heteroatoms. The fourth-order valence-corrected chi connectivity index (χ4v) is 2.66. The molecule has 0 saturated heterocycles. The molecular formula is C12H11BrIN3O. The first kappa shape index (κ1) is 13.7. The predicted molar refractivity (Wildman–Crippen MR) is 81.5 cm³/mol. The Morgan fingerprint density at radius 2 is 2.06 bits per heavy atom. The fourth-order valence-electron chi connectivity index (χ4n) is 1.61. The lowest BCUT2D eigenvalue weighted by Crippen LogP contribution is -2.16. The van der Waals surface area contributed by atoms with Crippen LogP contribution in [0.3, 0.4) is 0 Å². The van der Waals surface area contributed by atoms with E-state index >= 15 is 0 Å². The molecule has 1 aromatic heterocycles. The topological polar surface area (TPSA) is 61.0 Å². The van der Waals surface area contributed by atoms with Crippen molar-refractivity contribution < 1.29 is 4.74 Å². The van der Waals surface area contributed by atoms with Gasteiger partial charge in [0.15, 0.2) is 0 Å². The number of hydrogen-bond acceptors (Lipinski definition) is 4. The van der Waals surface area contributed by atoms with E-state index in [1.807, 2.05) is 18.2 Å². The van der Waals surface area contributed by atoms with Crippen molar-refractivity contribution in [3.8, 4) is 5.88 Å². The van der Waals surface area contributed by atoms with E-state index in [0.29, 0.717) is 11.6 Å². The van der Waals surface area contributed by atoms with Crippen molar-refractivity contribution in [1.29, 1.82) is 0 Å². The van der Waals surface area contributed by atoms with Gasteiger partial charge in [-0.15, -0.1) is 0 Å². The maximum atomic E-state index is 6.25. The van der Waals surface area contributed by atoms with Crippen LogP contribution in [0.15, 0.2) is 35.1 Å². The first-order valence-corrected chi connectivity index (χ1v) is 7.06. The van der Waals surface area contributed by atoms with Gasteiger partial charge in [0.05, 0.1) is 13.2 Å². The molecule has 0 aliphatic rings. The molecule has 0 spiro atoms. The van der Waals surface area contributed by atoms with Crippen LogP contribution in [-0.4, -0.2) is 17.1 Å². The number of hydrogen-bond donors (Lipinski definition) is 1. The number of nitrogens with two attached hydrogens (primary N) is 1. The zero-order valence-electron chi connectivity index (χ0n) is 9.60. The second-order valence-corrected chi connectivity index (χ2v) is 5.67. The second-order valence-electron chi connectivity index (χ2n) is 3.59. The highest BCUT2D eigenvalue weighted by atomic mass is 127. The van der Waals surface area contributed by atoms with E-state index in [0.717, 1.165) is 13.6 Å². The lowest BCUT2D eigenvalue weighted by molar-refractivity contribution is 0.387. The van der Waals surface area contributed by atoms with Crippen LogP contribution in [0.4, 0.5) is 0 Å². The van der Waals surface area contributed by atoms with Gasteiger partial charge in [0.25, 0.3) is 0 Å². The Hall–Kier alpha value is -0.730. The fraction of sp³-hybridized carbons (Fsp3) is 0.167. The summed E-state index contributed by atoms with van der Waals surface area (Å²) in [6.07, 6.45) is 3.20. The van der Waals surface area contributed by atoms with Crippen molar-refractivity contribution in [3.63, 3.8) is 0 Å². The van der Waals surface area contributed by atoms with E-state index in [4.69, 9.17) is 10.5 Å². The van der Waals surface area contributed by atoms with E-state index < -0.39 is 0 Å². The average molecular weight is 420 g/mol. The van der Waals surface area contributed by atoms with Gasteiger partial charge in [-0.1, -0.05) is 15.9 Å². The van der Waals surface area contributed by atoms with Gasteiger partial charge >= 0.3 is 0 Å². The number of halogens is 2. The van der Waals surface area contributed by atoms with Crippen molar-refractivity contribution in [2.45, 2.75) is 6.04 Å². The molecule has 0 radical (unpaired) electrons. The van der Waals surface area contributed by atoms with Crippen molar-refractivity contribution in [1.82, 2.24) is 9.97 Å². The molecule has 1 unspecified atom stereocenters. The van der Waals surface area contributed by atoms with Gasteiger partial charge in [-0.3, -0.25) is 4.98 Å². The Bertz CT molecular complexity index is 565. The molecule has 1 aromatic carbocycles. The smallest absolute Gasteiger partial charge is 0.237 e. The molecule has 2 N–H and O–H groups in total. The molecule has 1 heterocycles. The van der Waals surface area contributed by atoms with Gasteiger partial charge in [0.1, 0.15) is 5.69 Å². The summed E-state index contributed by atoms with van der Waals surface area (Å²) in [4.78, 5) is 8.38. The molecule has 94 valence electrons. The quantitative estimate of drug-likeness (QED) is 0.777. The Balaban J connectivity index is 2.47. The molecule has 0 bridgehead atoms. The number of aromatic nitrogens is 2. The Kier molecular flexibility index (Phi) is 4.52. The molecule has 1 atom stereocenters. The van der Waals surface area contributed by atoms with Gasteiger partial charge in [-0.2, -0.15) is 0 Å². The summed E-state index contributed by atoms with van der Waals surface area (Å²) in [5.41, 5.74) is 7.88. The SMILES string of the molecule is COc1nccnc1C(N)c1cc(Br)ccc1I. The van der Waals surface area contributed by atoms with Crippen LogP contribution in [0.5, 0.6) is 5.88 Å². The van der Waals surface area contributed by atoms with Crippen LogP contribution in [-0.2, 0) is 0 Å². The van der Waals surface area contributed by atoms with E-state index in [-0.39, 0.29) is 6.04 Å². The van der Waals surface area contributed by atoms with Crippen molar-refractivity contribution in [2.75, 3.05) is 7.11 Å². The average Bonchev–Trinajstić information content (AvgIpc) is 2.40. The predicted octanol–water partition coefficient (Wildman–Crippen LogP) is 2.90. The zero-order valence-corrected chi connectivity index (χ0v) is 13.3. The Labute approximate surface area is 127 Å². The number of nitrogens with zero attached hydrogens (tertiary/aromatic N) is 2. The molecule has 0 saturated carbocycles. The normalized spacial score (nSPS) is 12.2. The van der Waals surface area contributed by atoms with Crippen molar-refractivity contribution in [3.05, 3.63) is 49.9 Å². The van der Waals surface area contributed by atoms with E-state index in [1.54, 1.807) is 19.5 Å². The standard InChI is InChI=1S/C12H11BrIN3O/c1-18-12-11(16-4-5-17-12)10(15)8-6-7(13)2-3-9(8)14/h2-6,10H,15H2,1H3. The van der Waals surface area contributed by atoms with E-state index in [1.165, 1.54) is 0 Å². The molecule has 0 amide bonds. The van der Waals surface area contributed by atoms with Gasteiger partial charge in [-0.05, 0) is 46.4 Å². The maximum Gasteiger partial charge on any atom is 0.237 e. The van der Waals surface area contributed by atoms with E-state index in [2.05, 4.69) is 48.5 Å². The second kappa shape index (κ2) is 5.94. The first-order valence-electron chi connectivity index (χ1n) is 5.19. The minimum atomic E-state index is -0.363. The maximum absolute atomic E-state index is 6.25. The number of benzene rings is 1.